The highest BCUT2D eigenvalue weighted by molar-refractivity contribution is 7.99. The van der Waals surface area contributed by atoms with Gasteiger partial charge in [0.05, 0.1) is 31.5 Å². The van der Waals surface area contributed by atoms with Gasteiger partial charge in [0.1, 0.15) is 0 Å². The largest absolute Gasteiger partial charge is 0.619 e. The first-order chi connectivity index (χ1) is 10.8. The summed E-state index contributed by atoms with van der Waals surface area (Å²) in [5, 5.41) is 11.5. The van der Waals surface area contributed by atoms with Crippen molar-refractivity contribution < 1.29 is 18.9 Å². The Morgan fingerprint density at radius 1 is 1.09 bits per heavy atom. The zero-order valence-electron chi connectivity index (χ0n) is 15.0. The number of aromatic nitrogens is 1. The van der Waals surface area contributed by atoms with E-state index in [2.05, 4.69) is 6.92 Å². The summed E-state index contributed by atoms with van der Waals surface area (Å²) in [6, 6.07) is 1.87. The fraction of sp³-hybridized carbons (Fsp3) is 0.706. The van der Waals surface area contributed by atoms with Crippen molar-refractivity contribution in [3.05, 3.63) is 28.7 Å². The molecule has 0 N–H and O–H groups in total. The molecule has 3 unspecified atom stereocenters. The predicted molar refractivity (Wildman–Crippen MR) is 92.9 cm³/mol. The molecule has 0 amide bonds. The van der Waals surface area contributed by atoms with E-state index < -0.39 is 0 Å². The first-order valence-electron chi connectivity index (χ1n) is 7.93. The second-order valence-electron chi connectivity index (χ2n) is 5.86. The number of rotatable bonds is 10. The predicted octanol–water partition coefficient (Wildman–Crippen LogP) is 2.87. The molecule has 132 valence electrons. The van der Waals surface area contributed by atoms with Gasteiger partial charge in [0, 0.05) is 36.3 Å². The van der Waals surface area contributed by atoms with Crippen molar-refractivity contribution in [2.45, 2.75) is 57.8 Å². The third kappa shape index (κ3) is 7.08. The van der Waals surface area contributed by atoms with Crippen LogP contribution in [0, 0.1) is 19.1 Å². The number of hydrogen-bond donors (Lipinski definition) is 0. The lowest BCUT2D eigenvalue weighted by molar-refractivity contribution is -0.613. The lowest BCUT2D eigenvalue weighted by Crippen LogP contribution is -2.30. The number of ether oxygens (including phenoxy) is 3. The minimum absolute atomic E-state index is 0.0418. The van der Waals surface area contributed by atoms with E-state index >= 15 is 0 Å². The van der Waals surface area contributed by atoms with Crippen molar-refractivity contribution >= 4 is 11.8 Å². The molecule has 0 radical (unpaired) electrons. The molecule has 0 saturated carbocycles. The van der Waals surface area contributed by atoms with Crippen LogP contribution in [-0.4, -0.2) is 44.4 Å². The van der Waals surface area contributed by atoms with Crippen LogP contribution < -0.4 is 4.73 Å². The molecule has 0 aliphatic heterocycles. The molecule has 0 saturated heterocycles. The van der Waals surface area contributed by atoms with Crippen LogP contribution in [0.15, 0.2) is 17.2 Å². The Bertz CT molecular complexity index is 484. The maximum Gasteiger partial charge on any atom is 0.193 e. The molecular formula is C17H29NO4S. The van der Waals surface area contributed by atoms with Gasteiger partial charge in [-0.25, -0.2) is 0 Å². The molecule has 1 aromatic rings. The van der Waals surface area contributed by atoms with Crippen LogP contribution in [-0.2, 0) is 14.2 Å². The Morgan fingerprint density at radius 3 is 2.35 bits per heavy atom. The molecule has 6 heteroatoms. The van der Waals surface area contributed by atoms with E-state index in [1.807, 2.05) is 33.8 Å². The van der Waals surface area contributed by atoms with Crippen molar-refractivity contribution in [2.75, 3.05) is 26.1 Å². The first kappa shape index (κ1) is 20.2. The first-order valence-corrected chi connectivity index (χ1v) is 8.91. The van der Waals surface area contributed by atoms with Gasteiger partial charge in [-0.05, 0) is 27.7 Å². The highest BCUT2D eigenvalue weighted by atomic mass is 32.2. The molecule has 0 aromatic carbocycles. The van der Waals surface area contributed by atoms with Crippen molar-refractivity contribution in [3.8, 4) is 0 Å². The number of methoxy groups -OCH3 is 1. The van der Waals surface area contributed by atoms with Crippen molar-refractivity contribution in [1.29, 1.82) is 0 Å². The maximum absolute atomic E-state index is 11.5. The molecule has 0 fully saturated rings. The molecule has 0 bridgehead atoms. The average molecular weight is 343 g/mol. The van der Waals surface area contributed by atoms with Crippen LogP contribution in [0.4, 0.5) is 0 Å². The lowest BCUT2D eigenvalue weighted by atomic mass is 10.2. The maximum atomic E-state index is 11.5. The number of nitrogens with zero attached hydrogens (tertiary/aromatic N) is 1. The standard InChI is InChI=1S/C17H29NO4S/c1-12(20-6)9-21-13(2)10-22-14(3)11-23-17-7-8-18(19)16(5)15(17)4/h7-8,12-14H,9-11H2,1-6H3. The highest BCUT2D eigenvalue weighted by Crippen LogP contribution is 2.23. The third-order valence-electron chi connectivity index (χ3n) is 3.71. The molecular weight excluding hydrogens is 314 g/mol. The second-order valence-corrected chi connectivity index (χ2v) is 6.92. The minimum Gasteiger partial charge on any atom is -0.619 e. The summed E-state index contributed by atoms with van der Waals surface area (Å²) in [5.74, 6) is 0.838. The summed E-state index contributed by atoms with van der Waals surface area (Å²) in [6.07, 6.45) is 1.81. The molecule has 0 spiro atoms. The summed E-state index contributed by atoms with van der Waals surface area (Å²) in [4.78, 5) is 1.13. The van der Waals surface area contributed by atoms with Gasteiger partial charge in [0.15, 0.2) is 11.9 Å². The summed E-state index contributed by atoms with van der Waals surface area (Å²) >= 11 is 1.71. The average Bonchev–Trinajstić information content (AvgIpc) is 2.54. The van der Waals surface area contributed by atoms with Gasteiger partial charge < -0.3 is 19.4 Å². The van der Waals surface area contributed by atoms with Crippen LogP contribution in [0.1, 0.15) is 32.0 Å². The van der Waals surface area contributed by atoms with Crippen LogP contribution in [0.25, 0.3) is 0 Å². The van der Waals surface area contributed by atoms with Crippen molar-refractivity contribution in [2.24, 2.45) is 0 Å². The van der Waals surface area contributed by atoms with Gasteiger partial charge in [-0.15, -0.1) is 11.8 Å². The van der Waals surface area contributed by atoms with E-state index in [9.17, 15) is 5.21 Å². The SMILES string of the molecule is COC(C)COC(C)COC(C)CSc1cc[n+]([O-])c(C)c1C. The van der Waals surface area contributed by atoms with Crippen LogP contribution in [0.5, 0.6) is 0 Å². The monoisotopic (exact) mass is 343 g/mol. The number of pyridine rings is 1. The topological polar surface area (TPSA) is 54.6 Å². The Labute approximate surface area is 143 Å². The van der Waals surface area contributed by atoms with Crippen LogP contribution >= 0.6 is 11.8 Å². The molecule has 0 aliphatic carbocycles. The Morgan fingerprint density at radius 2 is 1.70 bits per heavy atom. The fourth-order valence-electron chi connectivity index (χ4n) is 1.84. The fourth-order valence-corrected chi connectivity index (χ4v) is 2.87. The molecule has 1 heterocycles. The summed E-state index contributed by atoms with van der Waals surface area (Å²) in [6.45, 7) is 11.0. The highest BCUT2D eigenvalue weighted by Gasteiger charge is 2.13. The molecule has 3 atom stereocenters. The van der Waals surface area contributed by atoms with E-state index in [1.165, 1.54) is 0 Å². The molecule has 1 aromatic heterocycles. The Kier molecular flexibility index (Phi) is 8.91. The van der Waals surface area contributed by atoms with Gasteiger partial charge in [-0.1, -0.05) is 0 Å². The number of thioether (sulfide) groups is 1. The van der Waals surface area contributed by atoms with E-state index in [0.29, 0.717) is 13.2 Å². The zero-order chi connectivity index (χ0) is 17.4. The van der Waals surface area contributed by atoms with Gasteiger partial charge in [-0.3, -0.25) is 0 Å². The Hall–Kier alpha value is -0.820. The van der Waals surface area contributed by atoms with E-state index in [-0.39, 0.29) is 18.3 Å². The smallest absolute Gasteiger partial charge is 0.193 e. The summed E-state index contributed by atoms with van der Waals surface area (Å²) in [5.41, 5.74) is 1.78. The van der Waals surface area contributed by atoms with Gasteiger partial charge in [-0.2, -0.15) is 4.73 Å². The summed E-state index contributed by atoms with van der Waals surface area (Å²) in [7, 11) is 1.68. The molecule has 0 aliphatic rings. The van der Waals surface area contributed by atoms with Gasteiger partial charge >= 0.3 is 0 Å². The Balaban J connectivity index is 2.32. The molecule has 5 nitrogen and oxygen atoms in total. The van der Waals surface area contributed by atoms with Crippen LogP contribution in [0.3, 0.4) is 0 Å². The van der Waals surface area contributed by atoms with E-state index in [4.69, 9.17) is 14.2 Å². The van der Waals surface area contributed by atoms with Crippen molar-refractivity contribution in [3.63, 3.8) is 0 Å². The van der Waals surface area contributed by atoms with E-state index in [1.54, 1.807) is 25.1 Å². The lowest BCUT2D eigenvalue weighted by Gasteiger charge is -2.19. The minimum atomic E-state index is 0.0418. The normalized spacial score (nSPS) is 15.4. The zero-order valence-corrected chi connectivity index (χ0v) is 15.8. The number of hydrogen-bond acceptors (Lipinski definition) is 5. The molecule has 23 heavy (non-hydrogen) atoms. The second kappa shape index (κ2) is 10.1. The quantitative estimate of drug-likeness (QED) is 0.371. The van der Waals surface area contributed by atoms with E-state index in [0.717, 1.165) is 26.6 Å². The summed E-state index contributed by atoms with van der Waals surface area (Å²) < 4.78 is 17.5. The van der Waals surface area contributed by atoms with Gasteiger partial charge in [0.25, 0.3) is 0 Å². The van der Waals surface area contributed by atoms with Crippen molar-refractivity contribution in [1.82, 2.24) is 0 Å². The third-order valence-corrected chi connectivity index (χ3v) is 5.10. The van der Waals surface area contributed by atoms with Gasteiger partial charge in [0.2, 0.25) is 0 Å². The molecule has 1 rings (SSSR count). The van der Waals surface area contributed by atoms with Crippen LogP contribution in [0.2, 0.25) is 0 Å².